The number of halogens is 1. The Morgan fingerprint density at radius 3 is 2.19 bits per heavy atom. The Labute approximate surface area is 119 Å². The molecule has 5 amide bonds. The van der Waals surface area contributed by atoms with Gasteiger partial charge in [-0.2, -0.15) is 0 Å². The summed E-state index contributed by atoms with van der Waals surface area (Å²) in [6.45, 7) is 1.03. The maximum Gasteiger partial charge on any atom is 0.334 e. The van der Waals surface area contributed by atoms with Crippen LogP contribution in [0.1, 0.15) is 6.92 Å². The maximum absolute atomic E-state index is 12.7. The predicted octanol–water partition coefficient (Wildman–Crippen LogP) is 0.575. The standard InChI is InChI=1S/C13H12FN3O4/c1-2-16-11(19)12(20)17(13(16)21)7-10(18)15-9-5-3-8(14)4-6-9/h3-6H,2,7H2,1H3,(H,15,18). The Morgan fingerprint density at radius 1 is 1.10 bits per heavy atom. The molecule has 21 heavy (non-hydrogen) atoms. The Hall–Kier alpha value is -2.77. The molecule has 0 saturated carbocycles. The molecular weight excluding hydrogens is 281 g/mol. The van der Waals surface area contributed by atoms with Crippen LogP contribution in [0.3, 0.4) is 0 Å². The van der Waals surface area contributed by atoms with Gasteiger partial charge in [0.2, 0.25) is 5.91 Å². The van der Waals surface area contributed by atoms with Gasteiger partial charge in [-0.05, 0) is 31.2 Å². The number of carbonyl (C=O) groups is 4. The smallest absolute Gasteiger partial charge is 0.325 e. The van der Waals surface area contributed by atoms with E-state index in [1.807, 2.05) is 0 Å². The molecule has 1 aliphatic heterocycles. The van der Waals surface area contributed by atoms with E-state index in [-0.39, 0.29) is 6.54 Å². The summed E-state index contributed by atoms with van der Waals surface area (Å²) in [6, 6.07) is 4.17. The van der Waals surface area contributed by atoms with Crippen LogP contribution >= 0.6 is 0 Å². The van der Waals surface area contributed by atoms with Gasteiger partial charge in [0.25, 0.3) is 0 Å². The fourth-order valence-corrected chi connectivity index (χ4v) is 1.85. The summed E-state index contributed by atoms with van der Waals surface area (Å²) in [6.07, 6.45) is 0. The minimum Gasteiger partial charge on any atom is -0.325 e. The normalized spacial score (nSPS) is 14.9. The summed E-state index contributed by atoms with van der Waals surface area (Å²) >= 11 is 0. The van der Waals surface area contributed by atoms with E-state index in [0.717, 1.165) is 17.0 Å². The van der Waals surface area contributed by atoms with E-state index in [2.05, 4.69) is 5.32 Å². The molecule has 0 aliphatic carbocycles. The molecule has 1 N–H and O–H groups in total. The number of hydrogen-bond donors (Lipinski definition) is 1. The molecule has 0 atom stereocenters. The van der Waals surface area contributed by atoms with E-state index in [1.165, 1.54) is 12.1 Å². The second kappa shape index (κ2) is 5.70. The van der Waals surface area contributed by atoms with Crippen LogP contribution < -0.4 is 5.32 Å². The minimum atomic E-state index is -1.03. The molecule has 1 aromatic carbocycles. The molecule has 0 spiro atoms. The third kappa shape index (κ3) is 2.88. The van der Waals surface area contributed by atoms with Gasteiger partial charge in [0, 0.05) is 12.2 Å². The van der Waals surface area contributed by atoms with Crippen molar-refractivity contribution in [2.24, 2.45) is 0 Å². The Morgan fingerprint density at radius 2 is 1.67 bits per heavy atom. The van der Waals surface area contributed by atoms with Gasteiger partial charge in [0.15, 0.2) is 0 Å². The van der Waals surface area contributed by atoms with E-state index in [4.69, 9.17) is 0 Å². The van der Waals surface area contributed by atoms with Crippen LogP contribution in [0.5, 0.6) is 0 Å². The lowest BCUT2D eigenvalue weighted by Crippen LogP contribution is -2.38. The van der Waals surface area contributed by atoms with E-state index in [9.17, 15) is 23.6 Å². The highest BCUT2D eigenvalue weighted by atomic mass is 19.1. The van der Waals surface area contributed by atoms with Gasteiger partial charge in [0.1, 0.15) is 12.4 Å². The first kappa shape index (κ1) is 14.6. The summed E-state index contributed by atoms with van der Waals surface area (Å²) in [4.78, 5) is 47.9. The number of urea groups is 1. The number of hydrogen-bond acceptors (Lipinski definition) is 4. The summed E-state index contributed by atoms with van der Waals surface area (Å²) in [5.41, 5.74) is 0.319. The Kier molecular flexibility index (Phi) is 3.97. The zero-order valence-electron chi connectivity index (χ0n) is 11.1. The number of rotatable bonds is 4. The number of nitrogens with zero attached hydrogens (tertiary/aromatic N) is 2. The SMILES string of the molecule is CCN1C(=O)C(=O)N(CC(=O)Nc2ccc(F)cc2)C1=O. The topological polar surface area (TPSA) is 86.8 Å². The predicted molar refractivity (Wildman–Crippen MR) is 69.5 cm³/mol. The number of anilines is 1. The fraction of sp³-hybridized carbons (Fsp3) is 0.231. The first-order valence-electron chi connectivity index (χ1n) is 6.16. The van der Waals surface area contributed by atoms with Crippen LogP contribution in [0.2, 0.25) is 0 Å². The van der Waals surface area contributed by atoms with Crippen molar-refractivity contribution in [2.45, 2.75) is 6.92 Å². The number of carbonyl (C=O) groups excluding carboxylic acids is 4. The van der Waals surface area contributed by atoms with Crippen molar-refractivity contribution < 1.29 is 23.6 Å². The molecule has 8 heteroatoms. The molecule has 1 heterocycles. The number of likely N-dealkylation sites (N-methyl/N-ethyl adjacent to an activating group) is 1. The number of amides is 5. The lowest BCUT2D eigenvalue weighted by molar-refractivity contribution is -0.143. The zero-order chi connectivity index (χ0) is 15.6. The second-order valence-electron chi connectivity index (χ2n) is 4.28. The van der Waals surface area contributed by atoms with Gasteiger partial charge < -0.3 is 5.32 Å². The number of imide groups is 2. The number of benzene rings is 1. The molecule has 1 fully saturated rings. The van der Waals surface area contributed by atoms with E-state index in [1.54, 1.807) is 6.92 Å². The van der Waals surface area contributed by atoms with Crippen LogP contribution in [0.25, 0.3) is 0 Å². The monoisotopic (exact) mass is 293 g/mol. The molecule has 7 nitrogen and oxygen atoms in total. The van der Waals surface area contributed by atoms with Gasteiger partial charge in [0.05, 0.1) is 0 Å². The third-order valence-corrected chi connectivity index (χ3v) is 2.88. The first-order chi connectivity index (χ1) is 9.93. The summed E-state index contributed by atoms with van der Waals surface area (Å²) in [7, 11) is 0. The van der Waals surface area contributed by atoms with E-state index < -0.39 is 36.1 Å². The van der Waals surface area contributed by atoms with Crippen molar-refractivity contribution in [3.63, 3.8) is 0 Å². The van der Waals surface area contributed by atoms with Crippen molar-refractivity contribution in [2.75, 3.05) is 18.4 Å². The highest BCUT2D eigenvalue weighted by Gasteiger charge is 2.44. The largest absolute Gasteiger partial charge is 0.334 e. The van der Waals surface area contributed by atoms with Gasteiger partial charge in [-0.25, -0.2) is 14.1 Å². The molecule has 0 radical (unpaired) electrons. The summed E-state index contributed by atoms with van der Waals surface area (Å²) < 4.78 is 12.7. The maximum atomic E-state index is 12.7. The quantitative estimate of drug-likeness (QED) is 0.649. The van der Waals surface area contributed by atoms with Crippen molar-refractivity contribution >= 4 is 29.4 Å². The average molecular weight is 293 g/mol. The second-order valence-corrected chi connectivity index (χ2v) is 4.28. The van der Waals surface area contributed by atoms with Crippen molar-refractivity contribution in [1.29, 1.82) is 0 Å². The van der Waals surface area contributed by atoms with Crippen molar-refractivity contribution in [3.8, 4) is 0 Å². The molecule has 0 unspecified atom stereocenters. The van der Waals surface area contributed by atoms with Gasteiger partial charge in [-0.15, -0.1) is 0 Å². The molecule has 1 saturated heterocycles. The molecule has 1 aliphatic rings. The molecule has 0 bridgehead atoms. The third-order valence-electron chi connectivity index (χ3n) is 2.88. The number of nitrogens with one attached hydrogen (secondary N) is 1. The minimum absolute atomic E-state index is 0.0550. The fourth-order valence-electron chi connectivity index (χ4n) is 1.85. The van der Waals surface area contributed by atoms with Gasteiger partial charge in [-0.3, -0.25) is 19.3 Å². The zero-order valence-corrected chi connectivity index (χ0v) is 11.1. The average Bonchev–Trinajstić information content (AvgIpc) is 2.65. The van der Waals surface area contributed by atoms with Gasteiger partial charge >= 0.3 is 17.8 Å². The van der Waals surface area contributed by atoms with E-state index >= 15 is 0 Å². The molecule has 2 rings (SSSR count). The van der Waals surface area contributed by atoms with Crippen LogP contribution in [-0.2, 0) is 14.4 Å². The van der Waals surface area contributed by atoms with Crippen molar-refractivity contribution in [3.05, 3.63) is 30.1 Å². The first-order valence-corrected chi connectivity index (χ1v) is 6.16. The van der Waals surface area contributed by atoms with Crippen molar-refractivity contribution in [1.82, 2.24) is 9.80 Å². The Balaban J connectivity index is 2.03. The van der Waals surface area contributed by atoms with Crippen LogP contribution in [0, 0.1) is 5.82 Å². The highest BCUT2D eigenvalue weighted by molar-refractivity contribution is 6.45. The highest BCUT2D eigenvalue weighted by Crippen LogP contribution is 2.12. The van der Waals surface area contributed by atoms with Crippen LogP contribution in [-0.4, -0.2) is 46.6 Å². The summed E-state index contributed by atoms with van der Waals surface area (Å²) in [5, 5.41) is 2.40. The molecule has 0 aromatic heterocycles. The molecule has 1 aromatic rings. The lowest BCUT2D eigenvalue weighted by Gasteiger charge is -2.13. The van der Waals surface area contributed by atoms with Crippen LogP contribution in [0.4, 0.5) is 14.9 Å². The Bertz CT molecular complexity index is 614. The molecule has 110 valence electrons. The lowest BCUT2D eigenvalue weighted by atomic mass is 10.3. The summed E-state index contributed by atoms with van der Waals surface area (Å²) in [5.74, 6) is -3.09. The van der Waals surface area contributed by atoms with E-state index in [0.29, 0.717) is 10.6 Å². The van der Waals surface area contributed by atoms with Gasteiger partial charge in [-0.1, -0.05) is 0 Å². The van der Waals surface area contributed by atoms with Crippen LogP contribution in [0.15, 0.2) is 24.3 Å². The molecular formula is C13H12FN3O4.